The SMILES string of the molecule is CCc1nn([C@H](C)C(=O)NCc2cccc(Br)c2)c(=O)c2cc3occc3n12. The first-order valence-electron chi connectivity index (χ1n) is 9.02. The van der Waals surface area contributed by atoms with Crippen molar-refractivity contribution in [2.75, 3.05) is 0 Å². The van der Waals surface area contributed by atoms with Crippen molar-refractivity contribution in [2.24, 2.45) is 0 Å². The number of halogens is 1. The molecule has 0 unspecified atom stereocenters. The fourth-order valence-electron chi connectivity index (χ4n) is 3.28. The van der Waals surface area contributed by atoms with Gasteiger partial charge in [-0.1, -0.05) is 35.0 Å². The Balaban J connectivity index is 1.66. The van der Waals surface area contributed by atoms with Gasteiger partial charge < -0.3 is 9.73 Å². The number of benzene rings is 1. The highest BCUT2D eigenvalue weighted by molar-refractivity contribution is 9.10. The molecule has 0 saturated carbocycles. The summed E-state index contributed by atoms with van der Waals surface area (Å²) in [4.78, 5) is 25.6. The van der Waals surface area contributed by atoms with Gasteiger partial charge in [-0.25, -0.2) is 4.68 Å². The minimum Gasteiger partial charge on any atom is -0.463 e. The first-order valence-corrected chi connectivity index (χ1v) is 9.81. The second-order valence-corrected chi connectivity index (χ2v) is 7.49. The largest absolute Gasteiger partial charge is 0.463 e. The third-order valence-electron chi connectivity index (χ3n) is 4.75. The molecule has 7 nitrogen and oxygen atoms in total. The molecule has 0 saturated heterocycles. The van der Waals surface area contributed by atoms with Crippen LogP contribution in [0.3, 0.4) is 0 Å². The van der Waals surface area contributed by atoms with Crippen molar-refractivity contribution in [3.63, 3.8) is 0 Å². The summed E-state index contributed by atoms with van der Waals surface area (Å²) >= 11 is 3.42. The minimum atomic E-state index is -0.740. The average molecular weight is 443 g/mol. The van der Waals surface area contributed by atoms with Crippen LogP contribution in [0.5, 0.6) is 0 Å². The smallest absolute Gasteiger partial charge is 0.291 e. The van der Waals surface area contributed by atoms with Crippen molar-refractivity contribution < 1.29 is 9.21 Å². The topological polar surface area (TPSA) is 81.5 Å². The van der Waals surface area contributed by atoms with Crippen molar-refractivity contribution in [1.29, 1.82) is 0 Å². The van der Waals surface area contributed by atoms with Gasteiger partial charge in [0.05, 0.1) is 11.8 Å². The number of carbonyl (C=O) groups excluding carboxylic acids is 1. The number of rotatable bonds is 5. The maximum atomic E-state index is 13.0. The highest BCUT2D eigenvalue weighted by Crippen LogP contribution is 2.21. The molecule has 4 rings (SSSR count). The number of furan rings is 1. The summed E-state index contributed by atoms with van der Waals surface area (Å²) in [5, 5.41) is 7.34. The van der Waals surface area contributed by atoms with E-state index in [1.165, 1.54) is 4.68 Å². The van der Waals surface area contributed by atoms with Crippen molar-refractivity contribution in [2.45, 2.75) is 32.9 Å². The Kier molecular flexibility index (Phi) is 4.80. The van der Waals surface area contributed by atoms with Gasteiger partial charge in [-0.2, -0.15) is 5.10 Å². The molecule has 1 amide bonds. The molecule has 0 aliphatic heterocycles. The van der Waals surface area contributed by atoms with Crippen LogP contribution in [0.4, 0.5) is 0 Å². The summed E-state index contributed by atoms with van der Waals surface area (Å²) in [7, 11) is 0. The van der Waals surface area contributed by atoms with E-state index in [0.717, 1.165) is 15.6 Å². The molecule has 3 aromatic heterocycles. The second-order valence-electron chi connectivity index (χ2n) is 6.58. The molecule has 1 N–H and O–H groups in total. The maximum absolute atomic E-state index is 13.0. The molecular weight excluding hydrogens is 424 g/mol. The Morgan fingerprint density at radius 2 is 2.11 bits per heavy atom. The zero-order chi connectivity index (χ0) is 19.8. The molecule has 0 spiro atoms. The Hall–Kier alpha value is -2.87. The van der Waals surface area contributed by atoms with Crippen LogP contribution >= 0.6 is 15.9 Å². The molecule has 0 bridgehead atoms. The van der Waals surface area contributed by atoms with Gasteiger partial charge in [-0.15, -0.1) is 0 Å². The van der Waals surface area contributed by atoms with Crippen molar-refractivity contribution in [3.8, 4) is 0 Å². The zero-order valence-electron chi connectivity index (χ0n) is 15.5. The molecule has 3 heterocycles. The monoisotopic (exact) mass is 442 g/mol. The molecule has 0 radical (unpaired) electrons. The number of fused-ring (bicyclic) bond motifs is 3. The number of nitrogens with zero attached hydrogens (tertiary/aromatic N) is 3. The van der Waals surface area contributed by atoms with E-state index in [9.17, 15) is 9.59 Å². The summed E-state index contributed by atoms with van der Waals surface area (Å²) in [6, 6.07) is 10.5. The zero-order valence-corrected chi connectivity index (χ0v) is 17.1. The van der Waals surface area contributed by atoms with Crippen LogP contribution in [0.2, 0.25) is 0 Å². The van der Waals surface area contributed by atoms with Gasteiger partial charge in [-0.3, -0.25) is 14.0 Å². The van der Waals surface area contributed by atoms with E-state index in [1.54, 1.807) is 29.7 Å². The van der Waals surface area contributed by atoms with Gasteiger partial charge in [0.2, 0.25) is 5.91 Å². The number of carbonyl (C=O) groups is 1. The lowest BCUT2D eigenvalue weighted by molar-refractivity contribution is -0.124. The van der Waals surface area contributed by atoms with Crippen LogP contribution in [0.1, 0.15) is 31.3 Å². The lowest BCUT2D eigenvalue weighted by atomic mass is 10.2. The molecule has 1 atom stereocenters. The summed E-state index contributed by atoms with van der Waals surface area (Å²) in [6.07, 6.45) is 2.19. The summed E-state index contributed by atoms with van der Waals surface area (Å²) in [5.74, 6) is 0.425. The van der Waals surface area contributed by atoms with E-state index in [0.29, 0.717) is 29.9 Å². The van der Waals surface area contributed by atoms with Gasteiger partial charge in [0.25, 0.3) is 5.56 Å². The van der Waals surface area contributed by atoms with Crippen LogP contribution in [0.25, 0.3) is 16.6 Å². The van der Waals surface area contributed by atoms with Crippen molar-refractivity contribution in [3.05, 3.63) is 68.9 Å². The highest BCUT2D eigenvalue weighted by Gasteiger charge is 2.22. The first kappa shape index (κ1) is 18.5. The van der Waals surface area contributed by atoms with E-state index in [-0.39, 0.29) is 11.5 Å². The number of hydrogen-bond acceptors (Lipinski definition) is 4. The number of amides is 1. The minimum absolute atomic E-state index is 0.267. The van der Waals surface area contributed by atoms with E-state index in [4.69, 9.17) is 4.42 Å². The Morgan fingerprint density at radius 1 is 1.29 bits per heavy atom. The number of nitrogens with one attached hydrogen (secondary N) is 1. The van der Waals surface area contributed by atoms with E-state index < -0.39 is 6.04 Å². The van der Waals surface area contributed by atoms with Gasteiger partial charge in [-0.05, 0) is 24.6 Å². The Labute approximate surface area is 169 Å². The molecule has 8 heteroatoms. The quantitative estimate of drug-likeness (QED) is 0.513. The van der Waals surface area contributed by atoms with Gasteiger partial charge in [0.1, 0.15) is 17.4 Å². The lowest BCUT2D eigenvalue weighted by Crippen LogP contribution is -2.38. The fraction of sp³-hybridized carbons (Fsp3) is 0.250. The standard InChI is InChI=1S/C20H19BrN4O3/c1-3-18-23-25(20(27)16-10-17-15(24(16)18)7-8-28-17)12(2)19(26)22-11-13-5-4-6-14(21)9-13/h4-10,12H,3,11H2,1-2H3,(H,22,26)/t12-/m1/s1. The molecule has 0 aliphatic carbocycles. The number of aromatic nitrogens is 3. The van der Waals surface area contributed by atoms with Crippen LogP contribution < -0.4 is 10.9 Å². The van der Waals surface area contributed by atoms with E-state index in [1.807, 2.05) is 31.2 Å². The Bertz CT molecular complexity index is 1240. The van der Waals surface area contributed by atoms with Gasteiger partial charge >= 0.3 is 0 Å². The fourth-order valence-corrected chi connectivity index (χ4v) is 3.73. The van der Waals surface area contributed by atoms with Crippen LogP contribution in [0.15, 0.2) is 56.3 Å². The van der Waals surface area contributed by atoms with E-state index in [2.05, 4.69) is 26.3 Å². The molecule has 1 aromatic carbocycles. The Morgan fingerprint density at radius 3 is 2.86 bits per heavy atom. The van der Waals surface area contributed by atoms with Gasteiger partial charge in [0.15, 0.2) is 5.58 Å². The summed E-state index contributed by atoms with van der Waals surface area (Å²) < 4.78 is 9.42. The van der Waals surface area contributed by atoms with Crippen LogP contribution in [-0.2, 0) is 17.8 Å². The second kappa shape index (κ2) is 7.27. The normalized spacial score (nSPS) is 12.5. The molecular formula is C20H19BrN4O3. The average Bonchev–Trinajstić information content (AvgIpc) is 3.28. The third kappa shape index (κ3) is 3.13. The van der Waals surface area contributed by atoms with Crippen LogP contribution in [-0.4, -0.2) is 20.1 Å². The predicted molar refractivity (Wildman–Crippen MR) is 109 cm³/mol. The van der Waals surface area contributed by atoms with E-state index >= 15 is 0 Å². The van der Waals surface area contributed by atoms with Crippen molar-refractivity contribution in [1.82, 2.24) is 19.5 Å². The molecule has 0 aliphatic rings. The van der Waals surface area contributed by atoms with Crippen molar-refractivity contribution >= 4 is 38.5 Å². The third-order valence-corrected chi connectivity index (χ3v) is 5.24. The van der Waals surface area contributed by atoms with Crippen LogP contribution in [0, 0.1) is 0 Å². The first-order chi connectivity index (χ1) is 13.5. The molecule has 0 fully saturated rings. The number of hydrogen-bond donors (Lipinski definition) is 1. The van der Waals surface area contributed by atoms with Gasteiger partial charge in [0, 0.05) is 29.6 Å². The lowest BCUT2D eigenvalue weighted by Gasteiger charge is -2.16. The molecule has 144 valence electrons. The molecule has 4 aromatic rings. The molecule has 28 heavy (non-hydrogen) atoms. The maximum Gasteiger partial charge on any atom is 0.291 e. The highest BCUT2D eigenvalue weighted by atomic mass is 79.9. The summed E-state index contributed by atoms with van der Waals surface area (Å²) in [5.41, 5.74) is 2.52. The summed E-state index contributed by atoms with van der Waals surface area (Å²) in [6.45, 7) is 4.01. The number of aryl methyl sites for hydroxylation is 1. The predicted octanol–water partition coefficient (Wildman–Crippen LogP) is 3.44.